The van der Waals surface area contributed by atoms with Crippen molar-refractivity contribution < 1.29 is 18.8 Å². The SMILES string of the molecule is Cc1cc([C@@H]2CCCN2C(=O)NCc2ccc3c(c2)OCCO3)on1. The summed E-state index contributed by atoms with van der Waals surface area (Å²) in [6, 6.07) is 7.50. The number of aryl methyl sites for hydroxylation is 1. The van der Waals surface area contributed by atoms with Crippen LogP contribution in [0.1, 0.15) is 35.9 Å². The number of amides is 2. The first-order valence-corrected chi connectivity index (χ1v) is 8.57. The summed E-state index contributed by atoms with van der Waals surface area (Å²) in [6.07, 6.45) is 1.86. The van der Waals surface area contributed by atoms with Gasteiger partial charge in [-0.15, -0.1) is 0 Å². The Kier molecular flexibility index (Phi) is 4.21. The highest BCUT2D eigenvalue weighted by atomic mass is 16.6. The topological polar surface area (TPSA) is 76.8 Å². The number of urea groups is 1. The second-order valence-electron chi connectivity index (χ2n) is 6.36. The zero-order valence-electron chi connectivity index (χ0n) is 14.2. The highest BCUT2D eigenvalue weighted by Gasteiger charge is 2.32. The third-order valence-electron chi connectivity index (χ3n) is 4.54. The Morgan fingerprint density at radius 1 is 1.28 bits per heavy atom. The summed E-state index contributed by atoms with van der Waals surface area (Å²) in [4.78, 5) is 14.4. The number of carbonyl (C=O) groups is 1. The molecule has 3 heterocycles. The molecule has 1 N–H and O–H groups in total. The zero-order valence-corrected chi connectivity index (χ0v) is 14.2. The number of nitrogens with zero attached hydrogens (tertiary/aromatic N) is 2. The van der Waals surface area contributed by atoms with Gasteiger partial charge in [0.2, 0.25) is 0 Å². The van der Waals surface area contributed by atoms with Crippen molar-refractivity contribution in [1.29, 1.82) is 0 Å². The molecule has 2 aliphatic heterocycles. The molecular formula is C18H21N3O4. The second-order valence-corrected chi connectivity index (χ2v) is 6.36. The van der Waals surface area contributed by atoms with Crippen molar-refractivity contribution in [2.75, 3.05) is 19.8 Å². The van der Waals surface area contributed by atoms with Crippen molar-refractivity contribution in [3.05, 3.63) is 41.3 Å². The quantitative estimate of drug-likeness (QED) is 0.927. The number of hydrogen-bond acceptors (Lipinski definition) is 5. The van der Waals surface area contributed by atoms with E-state index >= 15 is 0 Å². The molecule has 1 saturated heterocycles. The molecule has 2 amide bonds. The van der Waals surface area contributed by atoms with Crippen molar-refractivity contribution in [3.8, 4) is 11.5 Å². The van der Waals surface area contributed by atoms with E-state index in [2.05, 4.69) is 10.5 Å². The number of ether oxygens (including phenoxy) is 2. The molecule has 1 atom stereocenters. The maximum Gasteiger partial charge on any atom is 0.318 e. The minimum atomic E-state index is -0.0913. The van der Waals surface area contributed by atoms with Crippen LogP contribution in [-0.2, 0) is 6.54 Å². The molecule has 1 aromatic carbocycles. The number of carbonyl (C=O) groups excluding carboxylic acids is 1. The molecule has 132 valence electrons. The fourth-order valence-electron chi connectivity index (χ4n) is 3.32. The fraction of sp³-hybridized carbons (Fsp3) is 0.444. The van der Waals surface area contributed by atoms with Gasteiger partial charge in [-0.1, -0.05) is 11.2 Å². The maximum absolute atomic E-state index is 12.6. The molecule has 2 aromatic rings. The molecule has 1 aromatic heterocycles. The number of hydrogen-bond donors (Lipinski definition) is 1. The van der Waals surface area contributed by atoms with Gasteiger partial charge in [0.05, 0.1) is 11.7 Å². The number of nitrogens with one attached hydrogen (secondary N) is 1. The van der Waals surface area contributed by atoms with Gasteiger partial charge in [0.25, 0.3) is 0 Å². The van der Waals surface area contributed by atoms with Gasteiger partial charge in [-0.25, -0.2) is 4.79 Å². The van der Waals surface area contributed by atoms with Gasteiger partial charge in [0.15, 0.2) is 17.3 Å². The molecule has 7 heteroatoms. The molecule has 7 nitrogen and oxygen atoms in total. The monoisotopic (exact) mass is 343 g/mol. The molecule has 0 radical (unpaired) electrons. The number of rotatable bonds is 3. The summed E-state index contributed by atoms with van der Waals surface area (Å²) in [5.41, 5.74) is 1.81. The van der Waals surface area contributed by atoms with Crippen molar-refractivity contribution in [2.45, 2.75) is 32.4 Å². The predicted molar refractivity (Wildman–Crippen MR) is 89.6 cm³/mol. The smallest absolute Gasteiger partial charge is 0.318 e. The lowest BCUT2D eigenvalue weighted by atomic mass is 10.1. The van der Waals surface area contributed by atoms with E-state index in [0.29, 0.717) is 19.8 Å². The maximum atomic E-state index is 12.6. The normalized spacial score (nSPS) is 19.1. The van der Waals surface area contributed by atoms with Crippen LogP contribution in [0.5, 0.6) is 11.5 Å². The highest BCUT2D eigenvalue weighted by Crippen LogP contribution is 2.33. The lowest BCUT2D eigenvalue weighted by Crippen LogP contribution is -2.39. The van der Waals surface area contributed by atoms with Gasteiger partial charge in [-0.3, -0.25) is 0 Å². The summed E-state index contributed by atoms with van der Waals surface area (Å²) < 4.78 is 16.4. The molecular weight excluding hydrogens is 322 g/mol. The molecule has 0 saturated carbocycles. The third kappa shape index (κ3) is 3.26. The summed E-state index contributed by atoms with van der Waals surface area (Å²) in [6.45, 7) is 4.16. The van der Waals surface area contributed by atoms with E-state index in [1.807, 2.05) is 36.1 Å². The van der Waals surface area contributed by atoms with E-state index in [1.165, 1.54) is 0 Å². The Morgan fingerprint density at radius 2 is 2.12 bits per heavy atom. The number of aromatic nitrogens is 1. The standard InChI is InChI=1S/C18H21N3O4/c1-12-9-16(25-20-12)14-3-2-6-21(14)18(22)19-11-13-4-5-15-17(10-13)24-8-7-23-15/h4-5,9-10,14H,2-3,6-8,11H2,1H3,(H,19,22)/t14-/m0/s1. The minimum Gasteiger partial charge on any atom is -0.486 e. The molecule has 0 bridgehead atoms. The number of benzene rings is 1. The van der Waals surface area contributed by atoms with Gasteiger partial charge < -0.3 is 24.2 Å². The Balaban J connectivity index is 1.40. The Bertz CT molecular complexity index is 773. The average molecular weight is 343 g/mol. The van der Waals surface area contributed by atoms with Crippen LogP contribution < -0.4 is 14.8 Å². The molecule has 4 rings (SSSR count). The molecule has 2 aliphatic rings. The van der Waals surface area contributed by atoms with Gasteiger partial charge in [-0.05, 0) is 37.5 Å². The van der Waals surface area contributed by atoms with Crippen LogP contribution in [-0.4, -0.2) is 35.8 Å². The van der Waals surface area contributed by atoms with Crippen LogP contribution in [0, 0.1) is 6.92 Å². The average Bonchev–Trinajstić information content (AvgIpc) is 3.28. The largest absolute Gasteiger partial charge is 0.486 e. The van der Waals surface area contributed by atoms with Crippen LogP contribution in [0.4, 0.5) is 4.79 Å². The Labute approximate surface area is 145 Å². The summed E-state index contributed by atoms with van der Waals surface area (Å²) >= 11 is 0. The van der Waals surface area contributed by atoms with Crippen LogP contribution in [0.2, 0.25) is 0 Å². The zero-order chi connectivity index (χ0) is 17.2. The van der Waals surface area contributed by atoms with Gasteiger partial charge in [-0.2, -0.15) is 0 Å². The predicted octanol–water partition coefficient (Wildman–Crippen LogP) is 2.80. The minimum absolute atomic E-state index is 0.0403. The Hall–Kier alpha value is -2.70. The van der Waals surface area contributed by atoms with Crippen molar-refractivity contribution in [3.63, 3.8) is 0 Å². The van der Waals surface area contributed by atoms with Crippen LogP contribution >= 0.6 is 0 Å². The van der Waals surface area contributed by atoms with Crippen molar-refractivity contribution in [2.24, 2.45) is 0 Å². The van der Waals surface area contributed by atoms with E-state index in [1.54, 1.807) is 0 Å². The summed E-state index contributed by atoms with van der Waals surface area (Å²) in [7, 11) is 0. The lowest BCUT2D eigenvalue weighted by Gasteiger charge is -2.23. The first kappa shape index (κ1) is 15.8. The third-order valence-corrected chi connectivity index (χ3v) is 4.54. The first-order valence-electron chi connectivity index (χ1n) is 8.57. The molecule has 0 unspecified atom stereocenters. The van der Waals surface area contributed by atoms with Crippen LogP contribution in [0.25, 0.3) is 0 Å². The van der Waals surface area contributed by atoms with E-state index in [0.717, 1.165) is 47.9 Å². The molecule has 1 fully saturated rings. The molecule has 0 spiro atoms. The van der Waals surface area contributed by atoms with Gasteiger partial charge in [0, 0.05) is 19.2 Å². The van der Waals surface area contributed by atoms with E-state index < -0.39 is 0 Å². The number of likely N-dealkylation sites (tertiary alicyclic amines) is 1. The van der Waals surface area contributed by atoms with Crippen molar-refractivity contribution in [1.82, 2.24) is 15.4 Å². The van der Waals surface area contributed by atoms with E-state index in [9.17, 15) is 4.79 Å². The van der Waals surface area contributed by atoms with Crippen molar-refractivity contribution >= 4 is 6.03 Å². The Morgan fingerprint density at radius 3 is 2.92 bits per heavy atom. The van der Waals surface area contributed by atoms with Crippen LogP contribution in [0.15, 0.2) is 28.8 Å². The van der Waals surface area contributed by atoms with Crippen LogP contribution in [0.3, 0.4) is 0 Å². The summed E-state index contributed by atoms with van der Waals surface area (Å²) in [5, 5.41) is 6.91. The highest BCUT2D eigenvalue weighted by molar-refractivity contribution is 5.75. The van der Waals surface area contributed by atoms with Gasteiger partial charge >= 0.3 is 6.03 Å². The van der Waals surface area contributed by atoms with E-state index in [-0.39, 0.29) is 12.1 Å². The molecule has 0 aliphatic carbocycles. The van der Waals surface area contributed by atoms with E-state index in [4.69, 9.17) is 14.0 Å². The fourth-order valence-corrected chi connectivity index (χ4v) is 3.32. The lowest BCUT2D eigenvalue weighted by molar-refractivity contribution is 0.171. The first-order chi connectivity index (χ1) is 12.2. The summed E-state index contributed by atoms with van der Waals surface area (Å²) in [5.74, 6) is 2.24. The molecule has 25 heavy (non-hydrogen) atoms. The van der Waals surface area contributed by atoms with Gasteiger partial charge in [0.1, 0.15) is 13.2 Å². The second kappa shape index (κ2) is 6.66. The number of fused-ring (bicyclic) bond motifs is 1.